The number of methoxy groups -OCH3 is 1. The average Bonchev–Trinajstić information content (AvgIpc) is 2.70. The van der Waals surface area contributed by atoms with E-state index in [2.05, 4.69) is 24.9 Å². The van der Waals surface area contributed by atoms with Crippen molar-refractivity contribution in [2.45, 2.75) is 12.6 Å². The van der Waals surface area contributed by atoms with Crippen LogP contribution in [0.15, 0.2) is 18.2 Å². The van der Waals surface area contributed by atoms with Crippen LogP contribution in [0, 0.1) is 0 Å². The number of morpholine rings is 1. The van der Waals surface area contributed by atoms with Crippen LogP contribution in [-0.4, -0.2) is 67.3 Å². The maximum Gasteiger partial charge on any atom is 0.451 e. The third kappa shape index (κ3) is 4.87. The van der Waals surface area contributed by atoms with E-state index >= 15 is 0 Å². The third-order valence-electron chi connectivity index (χ3n) is 4.42. The summed E-state index contributed by atoms with van der Waals surface area (Å²) >= 11 is 0. The van der Waals surface area contributed by atoms with Crippen LogP contribution >= 0.6 is 0 Å². The lowest BCUT2D eigenvalue weighted by molar-refractivity contribution is -0.144. The van der Waals surface area contributed by atoms with Gasteiger partial charge in [0.05, 0.1) is 31.4 Å². The Morgan fingerprint density at radius 2 is 2.04 bits per heavy atom. The largest absolute Gasteiger partial charge is 0.465 e. The van der Waals surface area contributed by atoms with Crippen molar-refractivity contribution in [3.05, 3.63) is 29.6 Å². The highest BCUT2D eigenvalue weighted by molar-refractivity contribution is 5.97. The lowest BCUT2D eigenvalue weighted by atomic mass is 10.1. The summed E-state index contributed by atoms with van der Waals surface area (Å²) in [6.45, 7) is 4.31. The summed E-state index contributed by atoms with van der Waals surface area (Å²) in [4.78, 5) is 21.2. The van der Waals surface area contributed by atoms with E-state index in [-0.39, 0.29) is 16.9 Å². The van der Waals surface area contributed by atoms with Gasteiger partial charge in [-0.1, -0.05) is 0 Å². The van der Waals surface area contributed by atoms with Gasteiger partial charge in [0, 0.05) is 25.0 Å². The van der Waals surface area contributed by atoms with Gasteiger partial charge < -0.3 is 14.8 Å². The first-order valence-corrected chi connectivity index (χ1v) is 8.90. The Bertz CT molecular complexity index is 839. The monoisotopic (exact) mass is 398 g/mol. The van der Waals surface area contributed by atoms with Crippen molar-refractivity contribution in [1.82, 2.24) is 14.9 Å². The molecule has 1 aromatic carbocycles. The van der Waals surface area contributed by atoms with Crippen LogP contribution in [-0.2, 0) is 15.7 Å². The molecule has 152 valence electrons. The molecule has 7 nitrogen and oxygen atoms in total. The topological polar surface area (TPSA) is 76.6 Å². The van der Waals surface area contributed by atoms with Crippen LogP contribution in [0.3, 0.4) is 0 Å². The van der Waals surface area contributed by atoms with Gasteiger partial charge in [-0.25, -0.2) is 14.8 Å². The Labute approximate surface area is 159 Å². The molecule has 0 radical (unpaired) electrons. The highest BCUT2D eigenvalue weighted by Gasteiger charge is 2.35. The Kier molecular flexibility index (Phi) is 6.30. The minimum absolute atomic E-state index is 0.0463. The molecular formula is C18H21F3N4O3. The van der Waals surface area contributed by atoms with Crippen LogP contribution in [0.5, 0.6) is 0 Å². The smallest absolute Gasteiger partial charge is 0.451 e. The minimum atomic E-state index is -4.67. The quantitative estimate of drug-likeness (QED) is 0.592. The van der Waals surface area contributed by atoms with Gasteiger partial charge in [0.15, 0.2) is 0 Å². The molecule has 1 aliphatic heterocycles. The molecule has 2 heterocycles. The van der Waals surface area contributed by atoms with E-state index in [9.17, 15) is 18.0 Å². The van der Waals surface area contributed by atoms with Gasteiger partial charge in [0.2, 0.25) is 5.82 Å². The molecular weight excluding hydrogens is 377 g/mol. The highest BCUT2D eigenvalue weighted by atomic mass is 19.4. The van der Waals surface area contributed by atoms with Gasteiger partial charge in [-0.15, -0.1) is 0 Å². The van der Waals surface area contributed by atoms with Crippen molar-refractivity contribution in [2.24, 2.45) is 0 Å². The first kappa shape index (κ1) is 20.3. The SMILES string of the molecule is COC(=O)c1ccc2nc(C(F)(F)F)nc(NCCCN3CCOCC3)c2c1. The summed E-state index contributed by atoms with van der Waals surface area (Å²) < 4.78 is 49.4. The zero-order chi connectivity index (χ0) is 20.1. The van der Waals surface area contributed by atoms with E-state index in [0.29, 0.717) is 25.1 Å². The van der Waals surface area contributed by atoms with Gasteiger partial charge >= 0.3 is 12.1 Å². The Morgan fingerprint density at radius 3 is 2.71 bits per heavy atom. The number of nitrogens with one attached hydrogen (secondary N) is 1. The first-order chi connectivity index (χ1) is 13.4. The van der Waals surface area contributed by atoms with Crippen LogP contribution in [0.1, 0.15) is 22.6 Å². The number of carbonyl (C=O) groups is 1. The lowest BCUT2D eigenvalue weighted by Gasteiger charge is -2.26. The Morgan fingerprint density at radius 1 is 1.29 bits per heavy atom. The number of anilines is 1. The van der Waals surface area contributed by atoms with Crippen LogP contribution < -0.4 is 5.32 Å². The maximum atomic E-state index is 13.1. The van der Waals surface area contributed by atoms with Crippen molar-refractivity contribution >= 4 is 22.7 Å². The van der Waals surface area contributed by atoms with Crippen LogP contribution in [0.4, 0.5) is 19.0 Å². The fraction of sp³-hybridized carbons (Fsp3) is 0.500. The second-order valence-corrected chi connectivity index (χ2v) is 6.35. The zero-order valence-corrected chi connectivity index (χ0v) is 15.4. The van der Waals surface area contributed by atoms with Gasteiger partial charge in [-0.3, -0.25) is 4.90 Å². The fourth-order valence-electron chi connectivity index (χ4n) is 2.97. The molecule has 0 amide bonds. The standard InChI is InChI=1S/C18H21F3N4O3/c1-27-16(26)12-3-4-14-13(11-12)15(24-17(23-14)18(19,20)21)22-5-2-6-25-7-9-28-10-8-25/h3-4,11H,2,5-10H2,1H3,(H,22,23,24). The van der Waals surface area contributed by atoms with Crippen molar-refractivity contribution in [1.29, 1.82) is 0 Å². The normalized spacial score (nSPS) is 15.6. The molecule has 1 aromatic heterocycles. The zero-order valence-electron chi connectivity index (χ0n) is 15.4. The number of alkyl halides is 3. The number of benzene rings is 1. The Hall–Kier alpha value is -2.46. The van der Waals surface area contributed by atoms with Gasteiger partial charge in [-0.05, 0) is 31.2 Å². The predicted octanol–water partition coefficient (Wildman–Crippen LogP) is 2.57. The summed E-state index contributed by atoms with van der Waals surface area (Å²) in [6.07, 6.45) is -3.94. The minimum Gasteiger partial charge on any atom is -0.465 e. The number of esters is 1. The number of halogens is 3. The third-order valence-corrected chi connectivity index (χ3v) is 4.42. The van der Waals surface area contributed by atoms with E-state index < -0.39 is 18.0 Å². The van der Waals surface area contributed by atoms with Gasteiger partial charge in [-0.2, -0.15) is 13.2 Å². The number of nitrogens with zero attached hydrogens (tertiary/aromatic N) is 3. The number of fused-ring (bicyclic) bond motifs is 1. The van der Waals surface area contributed by atoms with E-state index in [0.717, 1.165) is 26.1 Å². The van der Waals surface area contributed by atoms with Gasteiger partial charge in [0.1, 0.15) is 5.82 Å². The van der Waals surface area contributed by atoms with E-state index in [4.69, 9.17) is 4.74 Å². The second kappa shape index (κ2) is 8.70. The molecule has 28 heavy (non-hydrogen) atoms. The molecule has 10 heteroatoms. The summed E-state index contributed by atoms with van der Waals surface area (Å²) in [6, 6.07) is 4.17. The van der Waals surface area contributed by atoms with Crippen molar-refractivity contribution in [3.8, 4) is 0 Å². The molecule has 1 N–H and O–H groups in total. The van der Waals surface area contributed by atoms with E-state index in [1.54, 1.807) is 0 Å². The van der Waals surface area contributed by atoms with Crippen molar-refractivity contribution < 1.29 is 27.4 Å². The molecule has 2 aromatic rings. The maximum absolute atomic E-state index is 13.1. The van der Waals surface area contributed by atoms with Crippen LogP contribution in [0.2, 0.25) is 0 Å². The predicted molar refractivity (Wildman–Crippen MR) is 96.2 cm³/mol. The van der Waals surface area contributed by atoms with Gasteiger partial charge in [0.25, 0.3) is 0 Å². The highest BCUT2D eigenvalue weighted by Crippen LogP contribution is 2.30. The number of aromatic nitrogens is 2. The summed E-state index contributed by atoms with van der Waals surface area (Å²) in [5.74, 6) is -1.76. The molecule has 0 bridgehead atoms. The van der Waals surface area contributed by atoms with E-state index in [1.165, 1.54) is 25.3 Å². The number of ether oxygens (including phenoxy) is 2. The average molecular weight is 398 g/mol. The lowest BCUT2D eigenvalue weighted by Crippen LogP contribution is -2.37. The summed E-state index contributed by atoms with van der Waals surface area (Å²) in [5, 5.41) is 3.30. The Balaban J connectivity index is 1.80. The molecule has 0 atom stereocenters. The summed E-state index contributed by atoms with van der Waals surface area (Å²) in [5.41, 5.74) is 0.320. The van der Waals surface area contributed by atoms with Crippen molar-refractivity contribution in [3.63, 3.8) is 0 Å². The molecule has 1 aliphatic rings. The van der Waals surface area contributed by atoms with Crippen LogP contribution in [0.25, 0.3) is 10.9 Å². The number of rotatable bonds is 6. The van der Waals surface area contributed by atoms with Crippen molar-refractivity contribution in [2.75, 3.05) is 51.8 Å². The molecule has 0 saturated carbocycles. The van der Waals surface area contributed by atoms with E-state index in [1.807, 2.05) is 0 Å². The molecule has 3 rings (SSSR count). The molecule has 0 unspecified atom stereocenters. The number of hydrogen-bond acceptors (Lipinski definition) is 7. The molecule has 0 aliphatic carbocycles. The first-order valence-electron chi connectivity index (χ1n) is 8.90. The molecule has 0 spiro atoms. The number of carbonyl (C=O) groups excluding carboxylic acids is 1. The molecule has 1 saturated heterocycles. The summed E-state index contributed by atoms with van der Waals surface area (Å²) in [7, 11) is 1.24. The fourth-order valence-corrected chi connectivity index (χ4v) is 2.97. The second-order valence-electron chi connectivity index (χ2n) is 6.35. The molecule has 1 fully saturated rings. The number of hydrogen-bond donors (Lipinski definition) is 1.